The van der Waals surface area contributed by atoms with Gasteiger partial charge in [0.05, 0.1) is 25.1 Å². The number of aromatic nitrogens is 3. The Labute approximate surface area is 143 Å². The van der Waals surface area contributed by atoms with Gasteiger partial charge >= 0.3 is 0 Å². The summed E-state index contributed by atoms with van der Waals surface area (Å²) in [6, 6.07) is 9.28. The Balaban J connectivity index is 1.77. The number of pyridine rings is 1. The molecule has 0 spiro atoms. The van der Waals surface area contributed by atoms with Gasteiger partial charge in [-0.15, -0.1) is 0 Å². The molecule has 0 fully saturated rings. The molecule has 128 valence electrons. The van der Waals surface area contributed by atoms with E-state index in [1.807, 2.05) is 7.05 Å². The summed E-state index contributed by atoms with van der Waals surface area (Å²) in [6.45, 7) is 0.286. The summed E-state index contributed by atoms with van der Waals surface area (Å²) in [6.07, 6.45) is 4.94. The molecule has 0 atom stereocenters. The molecule has 25 heavy (non-hydrogen) atoms. The SMILES string of the molecule is Cn1cnc(CNC(=O)c2cccn(Cc3ccccc3F)c2=O)c1. The number of halogens is 1. The lowest BCUT2D eigenvalue weighted by Gasteiger charge is -2.09. The molecule has 2 aromatic heterocycles. The van der Waals surface area contributed by atoms with E-state index in [2.05, 4.69) is 10.3 Å². The zero-order valence-corrected chi connectivity index (χ0v) is 13.6. The van der Waals surface area contributed by atoms with Crippen LogP contribution < -0.4 is 10.9 Å². The second kappa shape index (κ2) is 7.12. The van der Waals surface area contributed by atoms with Crippen LogP contribution >= 0.6 is 0 Å². The quantitative estimate of drug-likeness (QED) is 0.769. The van der Waals surface area contributed by atoms with Gasteiger partial charge in [0.2, 0.25) is 0 Å². The molecular weight excluding hydrogens is 323 g/mol. The molecule has 0 aliphatic carbocycles. The first kappa shape index (κ1) is 16.6. The number of carbonyl (C=O) groups is 1. The zero-order valence-electron chi connectivity index (χ0n) is 13.6. The molecule has 1 N–H and O–H groups in total. The van der Waals surface area contributed by atoms with Crippen LogP contribution in [0.2, 0.25) is 0 Å². The van der Waals surface area contributed by atoms with Crippen molar-refractivity contribution in [1.82, 2.24) is 19.4 Å². The highest BCUT2D eigenvalue weighted by Gasteiger charge is 2.13. The Morgan fingerprint density at radius 2 is 2.04 bits per heavy atom. The van der Waals surface area contributed by atoms with Crippen LogP contribution in [0.1, 0.15) is 21.6 Å². The van der Waals surface area contributed by atoms with E-state index in [0.29, 0.717) is 11.3 Å². The zero-order chi connectivity index (χ0) is 17.8. The third kappa shape index (κ3) is 3.82. The fourth-order valence-corrected chi connectivity index (χ4v) is 2.47. The fourth-order valence-electron chi connectivity index (χ4n) is 2.47. The number of nitrogens with zero attached hydrogens (tertiary/aromatic N) is 3. The largest absolute Gasteiger partial charge is 0.346 e. The van der Waals surface area contributed by atoms with Crippen LogP contribution in [0.4, 0.5) is 4.39 Å². The van der Waals surface area contributed by atoms with Gasteiger partial charge in [0.15, 0.2) is 0 Å². The Kier molecular flexibility index (Phi) is 4.74. The summed E-state index contributed by atoms with van der Waals surface area (Å²) in [5, 5.41) is 2.67. The lowest BCUT2D eigenvalue weighted by Crippen LogP contribution is -2.32. The molecule has 0 bridgehead atoms. The first-order valence-corrected chi connectivity index (χ1v) is 7.72. The first-order valence-electron chi connectivity index (χ1n) is 7.72. The van der Waals surface area contributed by atoms with E-state index in [-0.39, 0.29) is 24.5 Å². The summed E-state index contributed by atoms with van der Waals surface area (Å²) in [5.41, 5.74) is 0.619. The smallest absolute Gasteiger partial charge is 0.263 e. The van der Waals surface area contributed by atoms with Crippen LogP contribution in [-0.2, 0) is 20.1 Å². The fraction of sp³-hybridized carbons (Fsp3) is 0.167. The highest BCUT2D eigenvalue weighted by atomic mass is 19.1. The van der Waals surface area contributed by atoms with Gasteiger partial charge in [0, 0.05) is 25.0 Å². The average Bonchev–Trinajstić information content (AvgIpc) is 3.02. The summed E-state index contributed by atoms with van der Waals surface area (Å²) in [5.74, 6) is -0.877. The van der Waals surface area contributed by atoms with Gasteiger partial charge < -0.3 is 14.5 Å². The Bertz CT molecular complexity index is 961. The molecule has 7 heteroatoms. The molecule has 0 radical (unpaired) electrons. The molecule has 6 nitrogen and oxygen atoms in total. The van der Waals surface area contributed by atoms with Crippen molar-refractivity contribution in [1.29, 1.82) is 0 Å². The van der Waals surface area contributed by atoms with E-state index in [0.717, 1.165) is 0 Å². The highest BCUT2D eigenvalue weighted by molar-refractivity contribution is 5.93. The number of hydrogen-bond donors (Lipinski definition) is 1. The minimum absolute atomic E-state index is 0.00905. The van der Waals surface area contributed by atoms with Crippen molar-refractivity contribution in [3.63, 3.8) is 0 Å². The minimum Gasteiger partial charge on any atom is -0.346 e. The summed E-state index contributed by atoms with van der Waals surface area (Å²) >= 11 is 0. The minimum atomic E-state index is -0.487. The lowest BCUT2D eigenvalue weighted by atomic mass is 10.2. The summed E-state index contributed by atoms with van der Waals surface area (Å²) < 4.78 is 16.9. The predicted molar refractivity (Wildman–Crippen MR) is 90.6 cm³/mol. The van der Waals surface area contributed by atoms with Crippen molar-refractivity contribution in [2.24, 2.45) is 7.05 Å². The Hall–Kier alpha value is -3.22. The number of rotatable bonds is 5. The van der Waals surface area contributed by atoms with Crippen molar-refractivity contribution in [2.45, 2.75) is 13.1 Å². The van der Waals surface area contributed by atoms with Crippen LogP contribution in [0.15, 0.2) is 59.9 Å². The van der Waals surface area contributed by atoms with Gasteiger partial charge in [-0.3, -0.25) is 9.59 Å². The van der Waals surface area contributed by atoms with E-state index >= 15 is 0 Å². The third-order valence-electron chi connectivity index (χ3n) is 3.75. The van der Waals surface area contributed by atoms with Crippen LogP contribution in [0.5, 0.6) is 0 Å². The Morgan fingerprint density at radius 3 is 2.76 bits per heavy atom. The molecule has 0 aliphatic rings. The standard InChI is InChI=1S/C18H17FN4O2/c1-22-11-14(21-12-22)9-20-17(24)15-6-4-8-23(18(15)25)10-13-5-2-3-7-16(13)19/h2-8,11-12H,9-10H2,1H3,(H,20,24). The molecule has 1 aromatic carbocycles. The second-order valence-corrected chi connectivity index (χ2v) is 5.66. The molecule has 2 heterocycles. The number of benzene rings is 1. The van der Waals surface area contributed by atoms with Crippen LogP contribution in [0.3, 0.4) is 0 Å². The van der Waals surface area contributed by atoms with E-state index in [9.17, 15) is 14.0 Å². The van der Waals surface area contributed by atoms with Crippen molar-refractivity contribution >= 4 is 5.91 Å². The number of amides is 1. The lowest BCUT2D eigenvalue weighted by molar-refractivity contribution is 0.0948. The molecule has 0 unspecified atom stereocenters. The topological polar surface area (TPSA) is 68.9 Å². The van der Waals surface area contributed by atoms with Crippen molar-refractivity contribution in [3.05, 3.63) is 88.1 Å². The molecule has 1 amide bonds. The molecule has 3 rings (SSSR count). The second-order valence-electron chi connectivity index (χ2n) is 5.66. The molecule has 0 saturated heterocycles. The first-order chi connectivity index (χ1) is 12.0. The number of imidazole rings is 1. The number of nitrogens with one attached hydrogen (secondary N) is 1. The number of carbonyl (C=O) groups excluding carboxylic acids is 1. The van der Waals surface area contributed by atoms with Crippen molar-refractivity contribution in [2.75, 3.05) is 0 Å². The number of aryl methyl sites for hydroxylation is 1. The predicted octanol–water partition coefficient (Wildman–Crippen LogP) is 1.70. The number of hydrogen-bond acceptors (Lipinski definition) is 3. The average molecular weight is 340 g/mol. The molecular formula is C18H17FN4O2. The van der Waals surface area contributed by atoms with Gasteiger partial charge in [-0.2, -0.15) is 0 Å². The van der Waals surface area contributed by atoms with E-state index < -0.39 is 11.5 Å². The van der Waals surface area contributed by atoms with Gasteiger partial charge in [0.1, 0.15) is 11.4 Å². The normalized spacial score (nSPS) is 10.6. The van der Waals surface area contributed by atoms with Crippen LogP contribution in [-0.4, -0.2) is 20.0 Å². The van der Waals surface area contributed by atoms with Gasteiger partial charge in [-0.1, -0.05) is 18.2 Å². The van der Waals surface area contributed by atoms with Gasteiger partial charge in [-0.25, -0.2) is 9.37 Å². The van der Waals surface area contributed by atoms with Crippen molar-refractivity contribution < 1.29 is 9.18 Å². The van der Waals surface area contributed by atoms with E-state index in [1.165, 1.54) is 22.9 Å². The Morgan fingerprint density at radius 1 is 1.24 bits per heavy atom. The maximum absolute atomic E-state index is 13.8. The molecule has 0 saturated carbocycles. The van der Waals surface area contributed by atoms with Crippen LogP contribution in [0, 0.1) is 5.82 Å². The maximum atomic E-state index is 13.8. The third-order valence-corrected chi connectivity index (χ3v) is 3.75. The van der Waals surface area contributed by atoms with Crippen LogP contribution in [0.25, 0.3) is 0 Å². The highest BCUT2D eigenvalue weighted by Crippen LogP contribution is 2.07. The molecule has 0 aliphatic heterocycles. The van der Waals surface area contributed by atoms with Gasteiger partial charge in [0.25, 0.3) is 11.5 Å². The summed E-state index contributed by atoms with van der Waals surface area (Å²) in [4.78, 5) is 28.9. The monoisotopic (exact) mass is 340 g/mol. The van der Waals surface area contributed by atoms with E-state index in [1.54, 1.807) is 41.4 Å². The maximum Gasteiger partial charge on any atom is 0.263 e. The van der Waals surface area contributed by atoms with Gasteiger partial charge in [-0.05, 0) is 18.2 Å². The summed E-state index contributed by atoms with van der Waals surface area (Å²) in [7, 11) is 1.83. The van der Waals surface area contributed by atoms with E-state index in [4.69, 9.17) is 0 Å². The van der Waals surface area contributed by atoms with Crippen molar-refractivity contribution in [3.8, 4) is 0 Å². The molecule has 3 aromatic rings.